The highest BCUT2D eigenvalue weighted by atomic mass is 14.3. The number of aryl methyl sites for hydroxylation is 1. The molecule has 25 heavy (non-hydrogen) atoms. The summed E-state index contributed by atoms with van der Waals surface area (Å²) in [6.45, 7) is 4.59. The van der Waals surface area contributed by atoms with Gasteiger partial charge in [0.1, 0.15) is 0 Å². The van der Waals surface area contributed by atoms with Crippen molar-refractivity contribution >= 4 is 22.4 Å². The lowest BCUT2D eigenvalue weighted by Crippen LogP contribution is -2.03. The lowest BCUT2D eigenvalue weighted by Gasteiger charge is -2.20. The van der Waals surface area contributed by atoms with Crippen LogP contribution in [0.1, 0.15) is 61.3 Å². The number of fused-ring (bicyclic) bond motifs is 2. The molecule has 1 unspecified atom stereocenters. The standard InChI is InChI=1S/C25H26/c1-3-9-19-13-7-14-20-17-24(23(10-4-2)25(19)20)22-16-8-12-18-11-5-6-15-21(18)22/h5-8,11-17,23H,3-4,9-10H2,1-2H3. The molecule has 1 aliphatic carbocycles. The summed E-state index contributed by atoms with van der Waals surface area (Å²) in [4.78, 5) is 0. The molecule has 1 atom stereocenters. The Morgan fingerprint density at radius 3 is 2.44 bits per heavy atom. The molecule has 0 saturated carbocycles. The predicted molar refractivity (Wildman–Crippen MR) is 110 cm³/mol. The number of benzene rings is 3. The minimum absolute atomic E-state index is 0.536. The molecule has 0 fully saturated rings. The molecular formula is C25H26. The van der Waals surface area contributed by atoms with Gasteiger partial charge in [-0.05, 0) is 51.4 Å². The van der Waals surface area contributed by atoms with E-state index < -0.39 is 0 Å². The van der Waals surface area contributed by atoms with Crippen molar-refractivity contribution in [3.05, 3.63) is 82.9 Å². The zero-order chi connectivity index (χ0) is 17.2. The molecule has 0 saturated heterocycles. The summed E-state index contributed by atoms with van der Waals surface area (Å²) in [5.74, 6) is 0.536. The summed E-state index contributed by atoms with van der Waals surface area (Å²) in [6.07, 6.45) is 7.28. The van der Waals surface area contributed by atoms with Crippen molar-refractivity contribution in [3.63, 3.8) is 0 Å². The lowest BCUT2D eigenvalue weighted by molar-refractivity contribution is 0.726. The second kappa shape index (κ2) is 6.88. The Hall–Kier alpha value is -2.34. The molecule has 0 heteroatoms. The van der Waals surface area contributed by atoms with Gasteiger partial charge in [0.2, 0.25) is 0 Å². The van der Waals surface area contributed by atoms with Gasteiger partial charge in [-0.1, -0.05) is 93.4 Å². The maximum absolute atomic E-state index is 2.45. The van der Waals surface area contributed by atoms with Gasteiger partial charge >= 0.3 is 0 Å². The number of allylic oxidation sites excluding steroid dienone is 1. The predicted octanol–water partition coefficient (Wildman–Crippen LogP) is 7.23. The molecule has 3 aromatic carbocycles. The van der Waals surface area contributed by atoms with E-state index in [9.17, 15) is 0 Å². The van der Waals surface area contributed by atoms with E-state index in [4.69, 9.17) is 0 Å². The van der Waals surface area contributed by atoms with Crippen LogP contribution in [0.25, 0.3) is 22.4 Å². The van der Waals surface area contributed by atoms with Gasteiger partial charge in [-0.2, -0.15) is 0 Å². The van der Waals surface area contributed by atoms with Crippen LogP contribution in [0, 0.1) is 0 Å². The van der Waals surface area contributed by atoms with Crippen LogP contribution < -0.4 is 0 Å². The van der Waals surface area contributed by atoms with E-state index in [0.717, 1.165) is 0 Å². The maximum atomic E-state index is 2.45. The minimum atomic E-state index is 0.536. The topological polar surface area (TPSA) is 0 Å². The molecule has 0 nitrogen and oxygen atoms in total. The summed E-state index contributed by atoms with van der Waals surface area (Å²) in [7, 11) is 0. The second-order valence-corrected chi connectivity index (χ2v) is 7.14. The Balaban J connectivity index is 1.88. The third kappa shape index (κ3) is 2.80. The van der Waals surface area contributed by atoms with Crippen LogP contribution in [-0.4, -0.2) is 0 Å². The Labute approximate surface area is 151 Å². The first-order valence-corrected chi connectivity index (χ1v) is 9.65. The van der Waals surface area contributed by atoms with Crippen LogP contribution in [0.15, 0.2) is 60.7 Å². The van der Waals surface area contributed by atoms with Gasteiger partial charge in [0.25, 0.3) is 0 Å². The number of hydrogen-bond donors (Lipinski definition) is 0. The highest BCUT2D eigenvalue weighted by Crippen LogP contribution is 2.47. The molecule has 0 aliphatic heterocycles. The largest absolute Gasteiger partial charge is 0.0653 e. The van der Waals surface area contributed by atoms with Crippen molar-refractivity contribution in [2.24, 2.45) is 0 Å². The van der Waals surface area contributed by atoms with Crippen molar-refractivity contribution < 1.29 is 0 Å². The van der Waals surface area contributed by atoms with Crippen molar-refractivity contribution in [1.82, 2.24) is 0 Å². The maximum Gasteiger partial charge on any atom is 0.0104 e. The average molecular weight is 326 g/mol. The molecule has 0 heterocycles. The molecule has 0 aromatic heterocycles. The van der Waals surface area contributed by atoms with Crippen molar-refractivity contribution in [2.75, 3.05) is 0 Å². The number of hydrogen-bond acceptors (Lipinski definition) is 0. The fourth-order valence-electron chi connectivity index (χ4n) is 4.43. The van der Waals surface area contributed by atoms with Gasteiger partial charge in [0.15, 0.2) is 0 Å². The first-order chi connectivity index (χ1) is 12.3. The van der Waals surface area contributed by atoms with Gasteiger partial charge < -0.3 is 0 Å². The first-order valence-electron chi connectivity index (χ1n) is 9.65. The molecule has 0 N–H and O–H groups in total. The first kappa shape index (κ1) is 16.1. The Kier molecular flexibility index (Phi) is 4.44. The molecular weight excluding hydrogens is 300 g/mol. The Bertz CT molecular complexity index is 924. The molecule has 1 aliphatic rings. The molecule has 0 bridgehead atoms. The zero-order valence-electron chi connectivity index (χ0n) is 15.3. The molecule has 4 rings (SSSR count). The SMILES string of the molecule is CCCc1cccc2c1C(CCC)C(c1cccc3ccccc13)=C2. The van der Waals surface area contributed by atoms with Crippen molar-refractivity contribution in [3.8, 4) is 0 Å². The molecule has 0 radical (unpaired) electrons. The summed E-state index contributed by atoms with van der Waals surface area (Å²) < 4.78 is 0. The average Bonchev–Trinajstić information content (AvgIpc) is 3.01. The Morgan fingerprint density at radius 1 is 0.800 bits per heavy atom. The van der Waals surface area contributed by atoms with E-state index in [1.54, 1.807) is 11.1 Å². The van der Waals surface area contributed by atoms with Gasteiger partial charge in [-0.25, -0.2) is 0 Å². The van der Waals surface area contributed by atoms with Gasteiger partial charge in [-0.15, -0.1) is 0 Å². The van der Waals surface area contributed by atoms with E-state index in [-0.39, 0.29) is 0 Å². The van der Waals surface area contributed by atoms with Crippen LogP contribution in [0.5, 0.6) is 0 Å². The van der Waals surface area contributed by atoms with E-state index in [0.29, 0.717) is 5.92 Å². The minimum Gasteiger partial charge on any atom is -0.0653 e. The lowest BCUT2D eigenvalue weighted by atomic mass is 9.83. The van der Waals surface area contributed by atoms with E-state index in [1.807, 2.05) is 0 Å². The summed E-state index contributed by atoms with van der Waals surface area (Å²) in [5.41, 5.74) is 7.50. The zero-order valence-corrected chi connectivity index (χ0v) is 15.3. The van der Waals surface area contributed by atoms with Crippen LogP contribution in [0.2, 0.25) is 0 Å². The molecule has 3 aromatic rings. The summed E-state index contributed by atoms with van der Waals surface area (Å²) in [5, 5.41) is 2.71. The van der Waals surface area contributed by atoms with Crippen LogP contribution in [0.4, 0.5) is 0 Å². The fraction of sp³-hybridized carbons (Fsp3) is 0.280. The Morgan fingerprint density at radius 2 is 1.60 bits per heavy atom. The normalized spacial score (nSPS) is 16.1. The highest BCUT2D eigenvalue weighted by Gasteiger charge is 2.28. The van der Waals surface area contributed by atoms with E-state index in [2.05, 4.69) is 80.6 Å². The molecule has 0 spiro atoms. The third-order valence-electron chi connectivity index (χ3n) is 5.46. The van der Waals surface area contributed by atoms with Gasteiger partial charge in [0.05, 0.1) is 0 Å². The van der Waals surface area contributed by atoms with E-state index >= 15 is 0 Å². The van der Waals surface area contributed by atoms with E-state index in [1.165, 1.54) is 53.2 Å². The molecule has 126 valence electrons. The van der Waals surface area contributed by atoms with Gasteiger partial charge in [-0.3, -0.25) is 0 Å². The third-order valence-corrected chi connectivity index (χ3v) is 5.46. The van der Waals surface area contributed by atoms with Gasteiger partial charge in [0, 0.05) is 5.92 Å². The summed E-state index contributed by atoms with van der Waals surface area (Å²) in [6, 6.07) is 22.4. The molecule has 0 amide bonds. The van der Waals surface area contributed by atoms with Crippen LogP contribution in [0.3, 0.4) is 0 Å². The van der Waals surface area contributed by atoms with Crippen LogP contribution in [-0.2, 0) is 6.42 Å². The summed E-state index contributed by atoms with van der Waals surface area (Å²) >= 11 is 0. The van der Waals surface area contributed by atoms with Crippen molar-refractivity contribution in [2.45, 2.75) is 45.4 Å². The van der Waals surface area contributed by atoms with Crippen molar-refractivity contribution in [1.29, 1.82) is 0 Å². The smallest absolute Gasteiger partial charge is 0.0104 e. The monoisotopic (exact) mass is 326 g/mol. The second-order valence-electron chi connectivity index (χ2n) is 7.14. The number of rotatable bonds is 5. The van der Waals surface area contributed by atoms with Crippen LogP contribution >= 0.6 is 0 Å². The highest BCUT2D eigenvalue weighted by molar-refractivity contribution is 6.02. The quantitative estimate of drug-likeness (QED) is 0.464. The fourth-order valence-corrected chi connectivity index (χ4v) is 4.43.